The fourth-order valence-corrected chi connectivity index (χ4v) is 2.29. The number of rotatable bonds is 5. The molecule has 22 heavy (non-hydrogen) atoms. The number of fused-ring (bicyclic) bond motifs is 1. The van der Waals surface area contributed by atoms with Gasteiger partial charge in [-0.1, -0.05) is 30.3 Å². The first-order valence-electron chi connectivity index (χ1n) is 6.81. The lowest BCUT2D eigenvalue weighted by atomic mass is 10.1. The molecular weight excluding hydrogens is 282 g/mol. The minimum atomic E-state index is -0.436. The van der Waals surface area contributed by atoms with Crippen LogP contribution in [0.5, 0.6) is 5.75 Å². The number of carbonyl (C=O) groups is 3. The summed E-state index contributed by atoms with van der Waals surface area (Å²) >= 11 is 0. The number of ether oxygens (including phenoxy) is 1. The molecule has 2 aromatic carbocycles. The molecule has 0 saturated heterocycles. The lowest BCUT2D eigenvalue weighted by molar-refractivity contribution is -0.121. The minimum absolute atomic E-state index is 0.183. The molecule has 2 amide bonds. The van der Waals surface area contributed by atoms with E-state index in [9.17, 15) is 14.4 Å². The number of imide groups is 1. The molecule has 3 rings (SSSR count). The lowest BCUT2D eigenvalue weighted by Crippen LogP contribution is -2.36. The monoisotopic (exact) mass is 295 g/mol. The van der Waals surface area contributed by atoms with Crippen molar-refractivity contribution in [2.24, 2.45) is 0 Å². The molecule has 5 heteroatoms. The minimum Gasteiger partial charge on any atom is -0.486 e. The Morgan fingerprint density at radius 2 is 1.41 bits per heavy atom. The molecule has 0 fully saturated rings. The Hall–Kier alpha value is -2.95. The summed E-state index contributed by atoms with van der Waals surface area (Å²) < 4.78 is 5.33. The van der Waals surface area contributed by atoms with Gasteiger partial charge in [0, 0.05) is 0 Å². The molecule has 0 aromatic heterocycles. The second kappa shape index (κ2) is 5.81. The van der Waals surface area contributed by atoms with E-state index >= 15 is 0 Å². The van der Waals surface area contributed by atoms with Gasteiger partial charge in [-0.15, -0.1) is 0 Å². The normalized spacial score (nSPS) is 13.2. The third kappa shape index (κ3) is 2.61. The van der Waals surface area contributed by atoms with Crippen molar-refractivity contribution in [2.45, 2.75) is 0 Å². The third-order valence-electron chi connectivity index (χ3n) is 3.36. The predicted octanol–water partition coefficient (Wildman–Crippen LogP) is 1.93. The van der Waals surface area contributed by atoms with Crippen LogP contribution in [0.4, 0.5) is 0 Å². The maximum absolute atomic E-state index is 12.1. The number of hydrogen-bond donors (Lipinski definition) is 0. The Morgan fingerprint density at radius 1 is 0.864 bits per heavy atom. The molecule has 1 aliphatic rings. The molecule has 0 unspecified atom stereocenters. The van der Waals surface area contributed by atoms with Crippen LogP contribution in [0.2, 0.25) is 0 Å². The van der Waals surface area contributed by atoms with Crippen molar-refractivity contribution in [2.75, 3.05) is 13.2 Å². The van der Waals surface area contributed by atoms with Crippen molar-refractivity contribution in [3.8, 4) is 5.75 Å². The van der Waals surface area contributed by atoms with Gasteiger partial charge in [0.25, 0.3) is 11.8 Å². The summed E-state index contributed by atoms with van der Waals surface area (Å²) in [7, 11) is 0. The van der Waals surface area contributed by atoms with E-state index in [4.69, 9.17) is 4.74 Å². The number of hydrogen-bond acceptors (Lipinski definition) is 4. The third-order valence-corrected chi connectivity index (χ3v) is 3.36. The number of para-hydroxylation sites is 1. The van der Waals surface area contributed by atoms with Crippen LogP contribution in [0.1, 0.15) is 20.7 Å². The van der Waals surface area contributed by atoms with Gasteiger partial charge in [0.1, 0.15) is 12.4 Å². The van der Waals surface area contributed by atoms with Crippen LogP contribution in [-0.4, -0.2) is 35.6 Å². The van der Waals surface area contributed by atoms with Crippen molar-refractivity contribution in [1.29, 1.82) is 0 Å². The molecule has 0 atom stereocenters. The van der Waals surface area contributed by atoms with E-state index in [0.29, 0.717) is 16.9 Å². The van der Waals surface area contributed by atoms with Gasteiger partial charge in [-0.3, -0.25) is 19.3 Å². The smallest absolute Gasteiger partial charge is 0.261 e. The van der Waals surface area contributed by atoms with Gasteiger partial charge in [0.15, 0.2) is 5.78 Å². The Balaban J connectivity index is 1.63. The highest BCUT2D eigenvalue weighted by Crippen LogP contribution is 2.22. The van der Waals surface area contributed by atoms with E-state index < -0.39 is 11.8 Å². The van der Waals surface area contributed by atoms with Crippen LogP contribution in [0, 0.1) is 0 Å². The molecular formula is C17H13NO4. The lowest BCUT2D eigenvalue weighted by Gasteiger charge is -2.13. The quantitative estimate of drug-likeness (QED) is 0.791. The number of carbonyl (C=O) groups excluding carboxylic acids is 3. The first-order valence-corrected chi connectivity index (χ1v) is 6.81. The maximum atomic E-state index is 12.1. The summed E-state index contributed by atoms with van der Waals surface area (Å²) in [6, 6.07) is 15.4. The summed E-state index contributed by atoms with van der Waals surface area (Å²) in [5.41, 5.74) is 0.675. The summed E-state index contributed by atoms with van der Waals surface area (Å²) in [5.74, 6) is -0.640. The van der Waals surface area contributed by atoms with Crippen molar-refractivity contribution in [3.63, 3.8) is 0 Å². The van der Waals surface area contributed by atoms with E-state index in [0.717, 1.165) is 4.90 Å². The zero-order valence-corrected chi connectivity index (χ0v) is 11.7. The molecule has 0 aliphatic carbocycles. The van der Waals surface area contributed by atoms with Crippen molar-refractivity contribution in [1.82, 2.24) is 4.90 Å². The summed E-state index contributed by atoms with van der Waals surface area (Å²) in [6.45, 7) is -0.462. The molecule has 1 aliphatic heterocycles. The number of amides is 2. The highest BCUT2D eigenvalue weighted by molar-refractivity contribution is 6.22. The first-order chi connectivity index (χ1) is 10.7. The zero-order valence-electron chi connectivity index (χ0n) is 11.7. The van der Waals surface area contributed by atoms with Crippen LogP contribution >= 0.6 is 0 Å². The van der Waals surface area contributed by atoms with Gasteiger partial charge in [0.05, 0.1) is 17.7 Å². The first kappa shape index (κ1) is 14.0. The summed E-state index contributed by atoms with van der Waals surface area (Å²) in [5, 5.41) is 0. The molecule has 2 aromatic rings. The molecule has 0 N–H and O–H groups in total. The highest BCUT2D eigenvalue weighted by Gasteiger charge is 2.36. The van der Waals surface area contributed by atoms with Crippen LogP contribution in [0.25, 0.3) is 0 Å². The Kier molecular flexibility index (Phi) is 3.70. The van der Waals surface area contributed by atoms with Gasteiger partial charge < -0.3 is 4.74 Å². The van der Waals surface area contributed by atoms with Gasteiger partial charge in [0.2, 0.25) is 0 Å². The fraction of sp³-hybridized carbons (Fsp3) is 0.118. The van der Waals surface area contributed by atoms with E-state index in [1.54, 1.807) is 48.5 Å². The summed E-state index contributed by atoms with van der Waals surface area (Å²) in [6.07, 6.45) is 0. The number of ketones is 1. The second-order valence-corrected chi connectivity index (χ2v) is 4.88. The van der Waals surface area contributed by atoms with Gasteiger partial charge >= 0.3 is 0 Å². The van der Waals surface area contributed by atoms with E-state index in [1.165, 1.54) is 0 Å². The average molecular weight is 295 g/mol. The zero-order chi connectivity index (χ0) is 15.5. The van der Waals surface area contributed by atoms with Crippen LogP contribution in [0.15, 0.2) is 54.6 Å². The fourth-order valence-electron chi connectivity index (χ4n) is 2.29. The molecule has 1 heterocycles. The molecule has 0 bridgehead atoms. The second-order valence-electron chi connectivity index (χ2n) is 4.88. The van der Waals surface area contributed by atoms with E-state index in [-0.39, 0.29) is 18.9 Å². The molecule has 0 spiro atoms. The van der Waals surface area contributed by atoms with Crippen molar-refractivity contribution >= 4 is 17.6 Å². The SMILES string of the molecule is O=C(COc1ccccc1)CN1C(=O)c2ccccc2C1=O. The van der Waals surface area contributed by atoms with E-state index in [1.807, 2.05) is 6.07 Å². The number of benzene rings is 2. The maximum Gasteiger partial charge on any atom is 0.261 e. The number of nitrogens with zero attached hydrogens (tertiary/aromatic N) is 1. The topological polar surface area (TPSA) is 63.7 Å². The van der Waals surface area contributed by atoms with Gasteiger partial charge in [-0.05, 0) is 24.3 Å². The van der Waals surface area contributed by atoms with Crippen molar-refractivity contribution in [3.05, 3.63) is 65.7 Å². The van der Waals surface area contributed by atoms with Crippen LogP contribution in [0.3, 0.4) is 0 Å². The van der Waals surface area contributed by atoms with Crippen molar-refractivity contribution < 1.29 is 19.1 Å². The Morgan fingerprint density at radius 3 is 2.00 bits per heavy atom. The van der Waals surface area contributed by atoms with E-state index in [2.05, 4.69) is 0 Å². The largest absolute Gasteiger partial charge is 0.486 e. The molecule has 5 nitrogen and oxygen atoms in total. The Labute approximate surface area is 127 Å². The standard InChI is InChI=1S/C17H13NO4/c19-12(11-22-13-6-2-1-3-7-13)10-18-16(20)14-8-4-5-9-15(14)17(18)21/h1-9H,10-11H2. The van der Waals surface area contributed by atoms with Crippen LogP contribution in [-0.2, 0) is 4.79 Å². The molecule has 110 valence electrons. The average Bonchev–Trinajstić information content (AvgIpc) is 2.79. The molecule has 0 radical (unpaired) electrons. The van der Waals surface area contributed by atoms with Crippen LogP contribution < -0.4 is 4.74 Å². The Bertz CT molecular complexity index is 704. The summed E-state index contributed by atoms with van der Waals surface area (Å²) in [4.78, 5) is 37.2. The predicted molar refractivity (Wildman–Crippen MR) is 78.8 cm³/mol. The number of Topliss-reactive ketones (excluding diaryl/α,β-unsaturated/α-hetero) is 1. The highest BCUT2D eigenvalue weighted by atomic mass is 16.5. The van der Waals surface area contributed by atoms with Gasteiger partial charge in [-0.25, -0.2) is 0 Å². The van der Waals surface area contributed by atoms with Gasteiger partial charge in [-0.2, -0.15) is 0 Å². The molecule has 0 saturated carbocycles.